The Kier molecular flexibility index (Phi) is 1.74. The molecule has 0 fully saturated rings. The first-order valence-corrected chi connectivity index (χ1v) is 4.30. The van der Waals surface area contributed by atoms with Gasteiger partial charge in [0.05, 0.1) is 0 Å². The Bertz CT molecular complexity index is 375. The molecule has 1 aliphatic carbocycles. The molecule has 14 heavy (non-hydrogen) atoms. The molecule has 0 saturated carbocycles. The van der Waals surface area contributed by atoms with Crippen LogP contribution in [0, 0.1) is 5.41 Å². The summed E-state index contributed by atoms with van der Waals surface area (Å²) in [5.41, 5.74) is -0.660. The third-order valence-corrected chi connectivity index (χ3v) is 2.58. The Balaban J connectivity index is 2.25. The van der Waals surface area contributed by atoms with Crippen molar-refractivity contribution in [3.05, 3.63) is 42.0 Å². The zero-order chi connectivity index (χ0) is 10.4. The van der Waals surface area contributed by atoms with Crippen molar-refractivity contribution in [2.24, 2.45) is 5.41 Å². The van der Waals surface area contributed by atoms with Crippen LogP contribution in [0.4, 0.5) is 13.2 Å². The predicted molar refractivity (Wildman–Crippen MR) is 48.6 cm³/mol. The first kappa shape index (κ1) is 9.31. The van der Waals surface area contributed by atoms with Crippen molar-refractivity contribution in [1.82, 2.24) is 0 Å². The van der Waals surface area contributed by atoms with Crippen LogP contribution >= 0.6 is 0 Å². The molecule has 0 spiro atoms. The summed E-state index contributed by atoms with van der Waals surface area (Å²) >= 11 is 0. The minimum atomic E-state index is -4.17. The quantitative estimate of drug-likeness (QED) is 0.646. The highest BCUT2D eigenvalue weighted by Crippen LogP contribution is 2.60. The Morgan fingerprint density at radius 1 is 1.07 bits per heavy atom. The molecule has 0 aromatic heterocycles. The van der Waals surface area contributed by atoms with Gasteiger partial charge in [0, 0.05) is 0 Å². The van der Waals surface area contributed by atoms with Crippen LogP contribution in [0.5, 0.6) is 0 Å². The summed E-state index contributed by atoms with van der Waals surface area (Å²) < 4.78 is 37.5. The van der Waals surface area contributed by atoms with E-state index in [0.717, 1.165) is 0 Å². The highest BCUT2D eigenvalue weighted by atomic mass is 19.4. The van der Waals surface area contributed by atoms with Crippen molar-refractivity contribution in [2.75, 3.05) is 0 Å². The number of alkyl halides is 3. The summed E-state index contributed by atoms with van der Waals surface area (Å²) in [5, 5.41) is 0. The molecule has 0 N–H and O–H groups in total. The zero-order valence-corrected chi connectivity index (χ0v) is 7.60. The van der Waals surface area contributed by atoms with Crippen LogP contribution in [0.25, 0.3) is 5.57 Å². The Morgan fingerprint density at radius 3 is 2.07 bits per heavy atom. The van der Waals surface area contributed by atoms with Gasteiger partial charge in [-0.2, -0.15) is 13.2 Å². The fraction of sp³-hybridized carbons (Fsp3) is 0.273. The molecule has 0 nitrogen and oxygen atoms in total. The molecule has 0 saturated heterocycles. The van der Waals surface area contributed by atoms with Crippen LogP contribution in [-0.4, -0.2) is 6.18 Å². The molecule has 1 aromatic carbocycles. The van der Waals surface area contributed by atoms with Gasteiger partial charge < -0.3 is 0 Å². The molecular weight excluding hydrogens is 189 g/mol. The minimum absolute atomic E-state index is 0.380. The molecule has 1 atom stereocenters. The van der Waals surface area contributed by atoms with Crippen LogP contribution in [0.3, 0.4) is 0 Å². The first-order valence-electron chi connectivity index (χ1n) is 4.30. The highest BCUT2D eigenvalue weighted by Gasteiger charge is 2.60. The number of hydrogen-bond acceptors (Lipinski definition) is 0. The maximum absolute atomic E-state index is 12.5. The van der Waals surface area contributed by atoms with Gasteiger partial charge in [-0.3, -0.25) is 0 Å². The van der Waals surface area contributed by atoms with Crippen LogP contribution in [0.1, 0.15) is 12.5 Å². The second-order valence-electron chi connectivity index (χ2n) is 3.62. The van der Waals surface area contributed by atoms with Gasteiger partial charge in [-0.25, -0.2) is 0 Å². The van der Waals surface area contributed by atoms with Crippen LogP contribution in [-0.2, 0) is 0 Å². The predicted octanol–water partition coefficient (Wildman–Crippen LogP) is 3.65. The van der Waals surface area contributed by atoms with Gasteiger partial charge in [0.1, 0.15) is 5.41 Å². The molecule has 0 aliphatic heterocycles. The van der Waals surface area contributed by atoms with E-state index >= 15 is 0 Å². The van der Waals surface area contributed by atoms with Crippen LogP contribution in [0.2, 0.25) is 0 Å². The molecule has 0 bridgehead atoms. The van der Waals surface area contributed by atoms with Gasteiger partial charge in [0.15, 0.2) is 0 Å². The molecule has 2 rings (SSSR count). The Labute approximate surface area is 80.1 Å². The van der Waals surface area contributed by atoms with Crippen molar-refractivity contribution in [3.63, 3.8) is 0 Å². The molecule has 74 valence electrons. The fourth-order valence-electron chi connectivity index (χ4n) is 1.49. The van der Waals surface area contributed by atoms with Crippen molar-refractivity contribution in [1.29, 1.82) is 0 Å². The van der Waals surface area contributed by atoms with E-state index in [0.29, 0.717) is 11.1 Å². The summed E-state index contributed by atoms with van der Waals surface area (Å²) in [7, 11) is 0. The monoisotopic (exact) mass is 198 g/mol. The lowest BCUT2D eigenvalue weighted by Gasteiger charge is -2.16. The molecule has 0 radical (unpaired) electrons. The smallest absolute Gasteiger partial charge is 0.170 e. The topological polar surface area (TPSA) is 0 Å². The normalized spacial score (nSPS) is 25.9. The van der Waals surface area contributed by atoms with Gasteiger partial charge in [-0.1, -0.05) is 36.4 Å². The van der Waals surface area contributed by atoms with Gasteiger partial charge >= 0.3 is 6.18 Å². The first-order chi connectivity index (χ1) is 6.45. The summed E-state index contributed by atoms with van der Waals surface area (Å²) in [6.07, 6.45) is -2.90. The van der Waals surface area contributed by atoms with E-state index in [1.54, 1.807) is 30.3 Å². The standard InChI is InChI=1S/C11H9F3/c1-10(11(12,13)14)7-9(10)8-5-3-2-4-6-8/h2-7H,1H3. The molecule has 1 aromatic rings. The fourth-order valence-corrected chi connectivity index (χ4v) is 1.49. The largest absolute Gasteiger partial charge is 0.401 e. The molecule has 1 aliphatic rings. The van der Waals surface area contributed by atoms with Gasteiger partial charge in [0.25, 0.3) is 0 Å². The lowest BCUT2D eigenvalue weighted by molar-refractivity contribution is -0.169. The second kappa shape index (κ2) is 2.62. The Hall–Kier alpha value is -1.25. The average Bonchev–Trinajstić information content (AvgIpc) is 2.80. The van der Waals surface area contributed by atoms with Gasteiger partial charge in [-0.05, 0) is 18.1 Å². The summed E-state index contributed by atoms with van der Waals surface area (Å²) in [5.74, 6) is 0. The lowest BCUT2D eigenvalue weighted by atomic mass is 9.98. The van der Waals surface area contributed by atoms with Crippen LogP contribution in [0.15, 0.2) is 36.4 Å². The molecule has 0 heterocycles. The van der Waals surface area contributed by atoms with E-state index in [-0.39, 0.29) is 0 Å². The maximum atomic E-state index is 12.5. The van der Waals surface area contributed by atoms with Crippen molar-refractivity contribution in [2.45, 2.75) is 13.1 Å². The van der Waals surface area contributed by atoms with Crippen LogP contribution < -0.4 is 0 Å². The van der Waals surface area contributed by atoms with Crippen molar-refractivity contribution in [3.8, 4) is 0 Å². The van der Waals surface area contributed by atoms with Crippen molar-refractivity contribution >= 4 is 5.57 Å². The average molecular weight is 198 g/mol. The number of benzene rings is 1. The minimum Gasteiger partial charge on any atom is -0.170 e. The third kappa shape index (κ3) is 1.24. The number of hydrogen-bond donors (Lipinski definition) is 0. The molecule has 1 unspecified atom stereocenters. The zero-order valence-electron chi connectivity index (χ0n) is 7.60. The lowest BCUT2D eigenvalue weighted by Crippen LogP contribution is -2.24. The van der Waals surface area contributed by atoms with E-state index in [1.165, 1.54) is 13.0 Å². The Morgan fingerprint density at radius 2 is 1.64 bits per heavy atom. The van der Waals surface area contributed by atoms with E-state index in [9.17, 15) is 13.2 Å². The van der Waals surface area contributed by atoms with E-state index in [1.807, 2.05) is 0 Å². The SMILES string of the molecule is CC1(C(F)(F)F)C=C1c1ccccc1. The summed E-state index contributed by atoms with van der Waals surface area (Å²) in [6.45, 7) is 1.20. The number of rotatable bonds is 1. The third-order valence-electron chi connectivity index (χ3n) is 2.58. The highest BCUT2D eigenvalue weighted by molar-refractivity contribution is 5.85. The van der Waals surface area contributed by atoms with Gasteiger partial charge in [0.2, 0.25) is 0 Å². The summed E-state index contributed by atoms with van der Waals surface area (Å²) in [6, 6.07) is 8.67. The molecular formula is C11H9F3. The van der Waals surface area contributed by atoms with E-state index in [4.69, 9.17) is 0 Å². The number of allylic oxidation sites excluding steroid dienone is 2. The second-order valence-corrected chi connectivity index (χ2v) is 3.62. The van der Waals surface area contributed by atoms with Gasteiger partial charge in [-0.15, -0.1) is 0 Å². The van der Waals surface area contributed by atoms with Crippen molar-refractivity contribution < 1.29 is 13.2 Å². The maximum Gasteiger partial charge on any atom is 0.401 e. The summed E-state index contributed by atoms with van der Waals surface area (Å²) in [4.78, 5) is 0. The molecule has 0 amide bonds. The molecule has 3 heteroatoms. The number of halogens is 3. The van der Waals surface area contributed by atoms with E-state index in [2.05, 4.69) is 0 Å². The van der Waals surface area contributed by atoms with E-state index < -0.39 is 11.6 Å².